The van der Waals surface area contributed by atoms with Crippen LogP contribution in [0.15, 0.2) is 36.4 Å². The van der Waals surface area contributed by atoms with Crippen molar-refractivity contribution in [2.75, 3.05) is 50.1 Å². The Kier molecular flexibility index (Phi) is 6.29. The largest absolute Gasteiger partial charge is 0.494 e. The van der Waals surface area contributed by atoms with Crippen LogP contribution in [0.25, 0.3) is 0 Å². The van der Waals surface area contributed by atoms with Crippen molar-refractivity contribution in [1.82, 2.24) is 10.6 Å². The summed E-state index contributed by atoms with van der Waals surface area (Å²) in [7, 11) is 1.44. The fourth-order valence-corrected chi connectivity index (χ4v) is 3.69. The first-order valence-electron chi connectivity index (χ1n) is 10.6. The summed E-state index contributed by atoms with van der Waals surface area (Å²) in [6.45, 7) is 4.04. The number of aliphatic hydroxyl groups is 1. The number of carbonyl (C=O) groups is 1. The maximum Gasteiger partial charge on any atom is 0.253 e. The van der Waals surface area contributed by atoms with Gasteiger partial charge in [0.1, 0.15) is 0 Å². The second-order valence-electron chi connectivity index (χ2n) is 8.20. The molecule has 1 heterocycles. The summed E-state index contributed by atoms with van der Waals surface area (Å²) in [5, 5.41) is 19.6. The predicted octanol–water partition coefficient (Wildman–Crippen LogP) is 2.11. The zero-order chi connectivity index (χ0) is 21.8. The molecule has 1 saturated carbocycles. The third-order valence-electron chi connectivity index (χ3n) is 5.82. The van der Waals surface area contributed by atoms with Crippen molar-refractivity contribution in [3.8, 4) is 5.75 Å². The number of rotatable bonds is 8. The number of carbonyl (C=O) groups excluding carboxylic acids is 1. The SMILES string of the molecule is COc1ccc(CNc2ccc(N3CCNCC3)c(C(=O)NCC3(O)CC3)c2)cc1F. The molecule has 0 spiro atoms. The Morgan fingerprint density at radius 3 is 2.68 bits per heavy atom. The number of nitrogens with zero attached hydrogens (tertiary/aromatic N) is 1. The Bertz CT molecular complexity index is 942. The summed E-state index contributed by atoms with van der Waals surface area (Å²) in [4.78, 5) is 15.2. The average molecular weight is 429 g/mol. The van der Waals surface area contributed by atoms with Crippen LogP contribution in [0.1, 0.15) is 28.8 Å². The van der Waals surface area contributed by atoms with Gasteiger partial charge in [0.2, 0.25) is 0 Å². The van der Waals surface area contributed by atoms with Crippen LogP contribution in [-0.2, 0) is 6.54 Å². The molecule has 1 amide bonds. The Labute approximate surface area is 181 Å². The highest BCUT2D eigenvalue weighted by Crippen LogP contribution is 2.34. The van der Waals surface area contributed by atoms with Crippen molar-refractivity contribution < 1.29 is 19.0 Å². The van der Waals surface area contributed by atoms with E-state index in [4.69, 9.17) is 4.74 Å². The minimum absolute atomic E-state index is 0.201. The van der Waals surface area contributed by atoms with Crippen molar-refractivity contribution in [2.24, 2.45) is 0 Å². The molecule has 4 rings (SSSR count). The van der Waals surface area contributed by atoms with E-state index in [9.17, 15) is 14.3 Å². The van der Waals surface area contributed by atoms with Crippen molar-refractivity contribution in [2.45, 2.75) is 25.0 Å². The minimum Gasteiger partial charge on any atom is -0.494 e. The van der Waals surface area contributed by atoms with Gasteiger partial charge in [0, 0.05) is 50.6 Å². The molecular formula is C23H29FN4O3. The Morgan fingerprint density at radius 1 is 1.23 bits per heavy atom. The van der Waals surface area contributed by atoms with Gasteiger partial charge >= 0.3 is 0 Å². The number of halogens is 1. The highest BCUT2D eigenvalue weighted by atomic mass is 19.1. The standard InChI is InChI=1S/C23H29FN4O3/c1-31-21-5-2-16(12-19(21)24)14-26-17-3-4-20(28-10-8-25-9-11-28)18(13-17)22(29)27-15-23(30)6-7-23/h2-5,12-13,25-26,30H,6-11,14-15H2,1H3,(H,27,29). The van der Waals surface area contributed by atoms with Gasteiger partial charge < -0.3 is 30.7 Å². The van der Waals surface area contributed by atoms with Crippen LogP contribution in [0, 0.1) is 5.82 Å². The Hall–Kier alpha value is -2.84. The van der Waals surface area contributed by atoms with Gasteiger partial charge in [-0.25, -0.2) is 4.39 Å². The number of anilines is 2. The number of benzene rings is 2. The second-order valence-corrected chi connectivity index (χ2v) is 8.20. The summed E-state index contributed by atoms with van der Waals surface area (Å²) in [5.74, 6) is -0.401. The van der Waals surface area contributed by atoms with E-state index >= 15 is 0 Å². The quantitative estimate of drug-likeness (QED) is 0.515. The minimum atomic E-state index is -0.751. The number of ether oxygens (including phenoxy) is 1. The van der Waals surface area contributed by atoms with Crippen molar-refractivity contribution in [3.05, 3.63) is 53.3 Å². The molecule has 1 aliphatic carbocycles. The molecule has 31 heavy (non-hydrogen) atoms. The fraction of sp³-hybridized carbons (Fsp3) is 0.435. The smallest absolute Gasteiger partial charge is 0.253 e. The van der Waals surface area contributed by atoms with Crippen LogP contribution in [0.3, 0.4) is 0 Å². The molecule has 2 aromatic carbocycles. The normalized spacial score (nSPS) is 17.2. The molecule has 2 aliphatic rings. The van der Waals surface area contributed by atoms with Gasteiger partial charge in [-0.15, -0.1) is 0 Å². The number of piperazine rings is 1. The van der Waals surface area contributed by atoms with Gasteiger partial charge in [0.15, 0.2) is 11.6 Å². The molecular weight excluding hydrogens is 399 g/mol. The maximum atomic E-state index is 14.0. The zero-order valence-corrected chi connectivity index (χ0v) is 17.7. The zero-order valence-electron chi connectivity index (χ0n) is 17.7. The highest BCUT2D eigenvalue weighted by Gasteiger charge is 2.40. The van der Waals surface area contributed by atoms with Crippen LogP contribution in [0.2, 0.25) is 0 Å². The first-order valence-corrected chi connectivity index (χ1v) is 10.6. The summed E-state index contributed by atoms with van der Waals surface area (Å²) >= 11 is 0. The van der Waals surface area contributed by atoms with Crippen LogP contribution >= 0.6 is 0 Å². The van der Waals surface area contributed by atoms with E-state index in [1.54, 1.807) is 12.1 Å². The van der Waals surface area contributed by atoms with Gasteiger partial charge in [0.25, 0.3) is 5.91 Å². The highest BCUT2D eigenvalue weighted by molar-refractivity contribution is 6.01. The number of nitrogens with one attached hydrogen (secondary N) is 3. The van der Waals surface area contributed by atoms with E-state index in [0.29, 0.717) is 12.1 Å². The van der Waals surface area contributed by atoms with E-state index in [1.807, 2.05) is 18.2 Å². The van der Waals surface area contributed by atoms with E-state index in [0.717, 1.165) is 56.0 Å². The molecule has 4 N–H and O–H groups in total. The lowest BCUT2D eigenvalue weighted by molar-refractivity contribution is 0.0896. The molecule has 0 aromatic heterocycles. The lowest BCUT2D eigenvalue weighted by Gasteiger charge is -2.31. The molecule has 8 heteroatoms. The topological polar surface area (TPSA) is 85.9 Å². The molecule has 0 unspecified atom stereocenters. The monoisotopic (exact) mass is 428 g/mol. The fourth-order valence-electron chi connectivity index (χ4n) is 3.69. The van der Waals surface area contributed by atoms with Gasteiger partial charge in [-0.2, -0.15) is 0 Å². The third-order valence-corrected chi connectivity index (χ3v) is 5.82. The molecule has 166 valence electrons. The summed E-state index contributed by atoms with van der Waals surface area (Å²) in [6, 6.07) is 10.5. The van der Waals surface area contributed by atoms with Crippen molar-refractivity contribution in [1.29, 1.82) is 0 Å². The molecule has 0 bridgehead atoms. The van der Waals surface area contributed by atoms with E-state index in [2.05, 4.69) is 20.9 Å². The van der Waals surface area contributed by atoms with Crippen LogP contribution < -0.4 is 25.6 Å². The summed E-state index contributed by atoms with van der Waals surface area (Å²) in [5.41, 5.74) is 2.23. The van der Waals surface area contributed by atoms with Gasteiger partial charge in [-0.1, -0.05) is 6.07 Å². The molecule has 0 atom stereocenters. The number of methoxy groups -OCH3 is 1. The summed E-state index contributed by atoms with van der Waals surface area (Å²) < 4.78 is 18.9. The van der Waals surface area contributed by atoms with Crippen LogP contribution in [0.5, 0.6) is 5.75 Å². The average Bonchev–Trinajstić information content (AvgIpc) is 3.54. The first kappa shape index (κ1) is 21.4. The lowest BCUT2D eigenvalue weighted by atomic mass is 10.1. The van der Waals surface area contributed by atoms with E-state index in [-0.39, 0.29) is 18.2 Å². The van der Waals surface area contributed by atoms with E-state index in [1.165, 1.54) is 13.2 Å². The lowest BCUT2D eigenvalue weighted by Crippen LogP contribution is -2.44. The predicted molar refractivity (Wildman–Crippen MR) is 118 cm³/mol. The Balaban J connectivity index is 1.51. The Morgan fingerprint density at radius 2 is 2.00 bits per heavy atom. The number of hydrogen-bond donors (Lipinski definition) is 4. The number of hydrogen-bond acceptors (Lipinski definition) is 6. The van der Waals surface area contributed by atoms with Gasteiger partial charge in [0.05, 0.1) is 18.3 Å². The second kappa shape index (κ2) is 9.11. The van der Waals surface area contributed by atoms with Gasteiger partial charge in [-0.05, 0) is 48.7 Å². The third kappa shape index (κ3) is 5.26. The van der Waals surface area contributed by atoms with Crippen LogP contribution in [0.4, 0.5) is 15.8 Å². The van der Waals surface area contributed by atoms with Crippen LogP contribution in [-0.4, -0.2) is 56.4 Å². The van der Waals surface area contributed by atoms with Crippen molar-refractivity contribution >= 4 is 17.3 Å². The molecule has 1 aliphatic heterocycles. The molecule has 7 nitrogen and oxygen atoms in total. The summed E-state index contributed by atoms with van der Waals surface area (Å²) in [6.07, 6.45) is 1.44. The number of amides is 1. The van der Waals surface area contributed by atoms with Gasteiger partial charge in [-0.3, -0.25) is 4.79 Å². The van der Waals surface area contributed by atoms with E-state index < -0.39 is 11.4 Å². The molecule has 1 saturated heterocycles. The maximum absolute atomic E-state index is 14.0. The molecule has 2 aromatic rings. The molecule has 2 fully saturated rings. The molecule has 0 radical (unpaired) electrons. The van der Waals surface area contributed by atoms with Crippen molar-refractivity contribution in [3.63, 3.8) is 0 Å². The first-order chi connectivity index (χ1) is 15.0.